The molecule has 0 aliphatic heterocycles. The molecule has 2 aromatic carbocycles. The normalized spacial score (nSPS) is 10.7. The van der Waals surface area contributed by atoms with Gasteiger partial charge in [-0.05, 0) is 55.8 Å². The minimum Gasteiger partial charge on any atom is -0.320 e. The fourth-order valence-electron chi connectivity index (χ4n) is 2.79. The van der Waals surface area contributed by atoms with Gasteiger partial charge in [-0.3, -0.25) is 9.59 Å². The van der Waals surface area contributed by atoms with E-state index in [0.717, 1.165) is 20.5 Å². The summed E-state index contributed by atoms with van der Waals surface area (Å²) in [6.07, 6.45) is 0. The van der Waals surface area contributed by atoms with Gasteiger partial charge < -0.3 is 5.32 Å². The van der Waals surface area contributed by atoms with Crippen molar-refractivity contribution in [1.82, 2.24) is 14.8 Å². The Labute approximate surface area is 181 Å². The van der Waals surface area contributed by atoms with Crippen molar-refractivity contribution in [1.29, 1.82) is 0 Å². The van der Waals surface area contributed by atoms with Gasteiger partial charge in [0.15, 0.2) is 4.34 Å². The number of nitrogens with one attached hydrogen (secondary N) is 1. The molecule has 0 radical (unpaired) electrons. The number of aromatic nitrogens is 3. The van der Waals surface area contributed by atoms with Crippen LogP contribution in [0.2, 0.25) is 0 Å². The largest absolute Gasteiger partial charge is 0.320 e. The van der Waals surface area contributed by atoms with Gasteiger partial charge in [-0.2, -0.15) is 9.78 Å². The summed E-state index contributed by atoms with van der Waals surface area (Å²) in [5.74, 6) is -0.376. The Morgan fingerprint density at radius 2 is 1.87 bits per heavy atom. The van der Waals surface area contributed by atoms with Crippen LogP contribution in [-0.2, 0) is 0 Å². The second-order valence-electron chi connectivity index (χ2n) is 6.59. The van der Waals surface area contributed by atoms with Crippen molar-refractivity contribution < 1.29 is 4.79 Å². The molecule has 1 amide bonds. The number of carbonyl (C=O) groups excluding carboxylic acids is 1. The summed E-state index contributed by atoms with van der Waals surface area (Å²) in [6.45, 7) is 3.91. The van der Waals surface area contributed by atoms with Gasteiger partial charge in [-0.25, -0.2) is 4.98 Å². The SMILES string of the molecule is Cc1csc(Sc2ccc(NC(=O)c3ccc(=O)n(-c4ccccc4)n3)c(C)c2)n1. The fourth-order valence-corrected chi connectivity index (χ4v) is 4.70. The molecule has 0 saturated carbocycles. The number of aryl methyl sites for hydroxylation is 2. The van der Waals surface area contributed by atoms with Gasteiger partial charge in [0, 0.05) is 27.7 Å². The molecule has 0 unspecified atom stereocenters. The van der Waals surface area contributed by atoms with Crippen LogP contribution in [0.5, 0.6) is 0 Å². The van der Waals surface area contributed by atoms with Gasteiger partial charge in [0.2, 0.25) is 0 Å². The highest BCUT2D eigenvalue weighted by molar-refractivity contribution is 8.01. The molecule has 0 saturated heterocycles. The van der Waals surface area contributed by atoms with Gasteiger partial charge in [-0.15, -0.1) is 11.3 Å². The number of nitrogens with zero attached hydrogens (tertiary/aromatic N) is 3. The van der Waals surface area contributed by atoms with Crippen LogP contribution in [0.3, 0.4) is 0 Å². The highest BCUT2D eigenvalue weighted by atomic mass is 32.2. The molecule has 4 rings (SSSR count). The van der Waals surface area contributed by atoms with E-state index >= 15 is 0 Å². The van der Waals surface area contributed by atoms with Gasteiger partial charge >= 0.3 is 0 Å². The van der Waals surface area contributed by atoms with E-state index in [0.29, 0.717) is 11.4 Å². The van der Waals surface area contributed by atoms with Crippen molar-refractivity contribution in [2.75, 3.05) is 5.32 Å². The first kappa shape index (κ1) is 20.1. The number of hydrogen-bond acceptors (Lipinski definition) is 6. The van der Waals surface area contributed by atoms with Crippen LogP contribution >= 0.6 is 23.1 Å². The van der Waals surface area contributed by atoms with Crippen molar-refractivity contribution in [3.63, 3.8) is 0 Å². The molecule has 0 aliphatic rings. The van der Waals surface area contributed by atoms with Crippen molar-refractivity contribution in [3.05, 3.63) is 93.3 Å². The van der Waals surface area contributed by atoms with Crippen LogP contribution in [0.15, 0.2) is 80.1 Å². The van der Waals surface area contributed by atoms with E-state index in [2.05, 4.69) is 15.4 Å². The molecular weight excluding hydrogens is 416 g/mol. The van der Waals surface area contributed by atoms with E-state index in [1.165, 1.54) is 16.8 Å². The third-order valence-electron chi connectivity index (χ3n) is 4.28. The van der Waals surface area contributed by atoms with Crippen molar-refractivity contribution in [2.45, 2.75) is 23.1 Å². The summed E-state index contributed by atoms with van der Waals surface area (Å²) >= 11 is 3.20. The Kier molecular flexibility index (Phi) is 5.78. The first-order chi connectivity index (χ1) is 14.5. The second-order valence-corrected chi connectivity index (χ2v) is 8.77. The minimum atomic E-state index is -0.376. The van der Waals surface area contributed by atoms with Gasteiger partial charge in [0.25, 0.3) is 11.5 Å². The summed E-state index contributed by atoms with van der Waals surface area (Å²) in [6, 6.07) is 17.6. The van der Waals surface area contributed by atoms with Crippen LogP contribution in [0.25, 0.3) is 5.69 Å². The number of amides is 1. The monoisotopic (exact) mass is 434 g/mol. The highest BCUT2D eigenvalue weighted by Crippen LogP contribution is 2.32. The van der Waals surface area contributed by atoms with Gasteiger partial charge in [-0.1, -0.05) is 30.0 Å². The van der Waals surface area contributed by atoms with E-state index < -0.39 is 0 Å². The first-order valence-electron chi connectivity index (χ1n) is 9.17. The molecule has 30 heavy (non-hydrogen) atoms. The Balaban J connectivity index is 1.53. The number of carbonyl (C=O) groups is 1. The third-order valence-corrected chi connectivity index (χ3v) is 6.33. The smallest absolute Gasteiger partial charge is 0.276 e. The molecule has 2 heterocycles. The zero-order chi connectivity index (χ0) is 21.1. The van der Waals surface area contributed by atoms with Crippen LogP contribution in [0.4, 0.5) is 5.69 Å². The maximum absolute atomic E-state index is 12.7. The summed E-state index contributed by atoms with van der Waals surface area (Å²) in [7, 11) is 0. The van der Waals surface area contributed by atoms with E-state index in [4.69, 9.17) is 0 Å². The summed E-state index contributed by atoms with van der Waals surface area (Å²) in [5.41, 5.74) is 3.10. The Morgan fingerprint density at radius 3 is 2.57 bits per heavy atom. The zero-order valence-electron chi connectivity index (χ0n) is 16.3. The maximum Gasteiger partial charge on any atom is 0.276 e. The van der Waals surface area contributed by atoms with Gasteiger partial charge in [0.05, 0.1) is 5.69 Å². The van der Waals surface area contributed by atoms with E-state index in [1.54, 1.807) is 35.2 Å². The zero-order valence-corrected chi connectivity index (χ0v) is 18.0. The molecule has 0 bridgehead atoms. The molecule has 0 fully saturated rings. The van der Waals surface area contributed by atoms with Gasteiger partial charge in [0.1, 0.15) is 5.69 Å². The molecule has 0 atom stereocenters. The van der Waals surface area contributed by atoms with Crippen molar-refractivity contribution >= 4 is 34.7 Å². The number of thiazole rings is 1. The van der Waals surface area contributed by atoms with Crippen molar-refractivity contribution in [2.24, 2.45) is 0 Å². The average molecular weight is 435 g/mol. The lowest BCUT2D eigenvalue weighted by Gasteiger charge is -2.10. The fraction of sp³-hybridized carbons (Fsp3) is 0.0909. The summed E-state index contributed by atoms with van der Waals surface area (Å²) in [4.78, 5) is 30.4. The minimum absolute atomic E-state index is 0.162. The highest BCUT2D eigenvalue weighted by Gasteiger charge is 2.13. The Morgan fingerprint density at radius 1 is 1.07 bits per heavy atom. The quantitative estimate of drug-likeness (QED) is 0.492. The predicted octanol–water partition coefficient (Wildman–Crippen LogP) is 4.71. The standard InChI is InChI=1S/C22H18N4O2S2/c1-14-12-17(30-22-23-15(2)13-29-22)8-9-18(14)24-21(28)19-10-11-20(27)26(25-19)16-6-4-3-5-7-16/h3-13H,1-2H3,(H,24,28). The molecule has 150 valence electrons. The molecule has 6 nitrogen and oxygen atoms in total. The molecular formula is C22H18N4O2S2. The number of hydrogen-bond donors (Lipinski definition) is 1. The molecule has 1 N–H and O–H groups in total. The lowest BCUT2D eigenvalue weighted by molar-refractivity contribution is 0.102. The van der Waals surface area contributed by atoms with E-state index in [-0.39, 0.29) is 17.2 Å². The number of anilines is 1. The number of rotatable bonds is 5. The van der Waals surface area contributed by atoms with E-state index in [1.807, 2.05) is 55.6 Å². The molecule has 4 aromatic rings. The average Bonchev–Trinajstić information content (AvgIpc) is 3.15. The van der Waals surface area contributed by atoms with Crippen LogP contribution in [-0.4, -0.2) is 20.7 Å². The number of para-hydroxylation sites is 1. The maximum atomic E-state index is 12.7. The topological polar surface area (TPSA) is 76.9 Å². The summed E-state index contributed by atoms with van der Waals surface area (Å²) in [5, 5.41) is 9.13. The summed E-state index contributed by atoms with van der Waals surface area (Å²) < 4.78 is 2.20. The molecule has 2 aromatic heterocycles. The van der Waals surface area contributed by atoms with E-state index in [9.17, 15) is 9.59 Å². The Hall–Kier alpha value is -3.23. The molecule has 8 heteroatoms. The first-order valence-corrected chi connectivity index (χ1v) is 10.9. The third kappa shape index (κ3) is 4.50. The second kappa shape index (κ2) is 8.64. The number of benzene rings is 2. The predicted molar refractivity (Wildman–Crippen MR) is 120 cm³/mol. The van der Waals surface area contributed by atoms with Crippen LogP contribution < -0.4 is 10.9 Å². The van der Waals surface area contributed by atoms with Crippen LogP contribution in [0.1, 0.15) is 21.7 Å². The Bertz CT molecular complexity index is 1270. The lowest BCUT2D eigenvalue weighted by Crippen LogP contribution is -2.25. The molecule has 0 spiro atoms. The van der Waals surface area contributed by atoms with Crippen LogP contribution in [0, 0.1) is 13.8 Å². The van der Waals surface area contributed by atoms with Crippen molar-refractivity contribution in [3.8, 4) is 5.69 Å². The lowest BCUT2D eigenvalue weighted by atomic mass is 10.2. The molecule has 0 aliphatic carbocycles.